The van der Waals surface area contributed by atoms with Crippen molar-refractivity contribution in [3.63, 3.8) is 0 Å². The Labute approximate surface area is 112 Å². The smallest absolute Gasteiger partial charge is 0.0658 e. The summed E-state index contributed by atoms with van der Waals surface area (Å²) in [7, 11) is 3.71. The largest absolute Gasteiger partial charge is 0.383 e. The Morgan fingerprint density at radius 2 is 2.24 bits per heavy atom. The van der Waals surface area contributed by atoms with E-state index in [0.717, 1.165) is 17.4 Å². The fourth-order valence-corrected chi connectivity index (χ4v) is 2.66. The molecule has 0 saturated heterocycles. The minimum Gasteiger partial charge on any atom is -0.383 e. The lowest BCUT2D eigenvalue weighted by Crippen LogP contribution is -2.24. The standard InChI is InChI=1S/C12H22BrN3O/c1-9(7-10(2)14-3)12-11(13)8-15-16(12)5-6-17-4/h8-10,14H,5-7H2,1-4H3. The highest BCUT2D eigenvalue weighted by Crippen LogP contribution is 2.27. The van der Waals surface area contributed by atoms with Crippen LogP contribution < -0.4 is 5.32 Å². The Morgan fingerprint density at radius 3 is 2.82 bits per heavy atom. The molecule has 17 heavy (non-hydrogen) atoms. The zero-order chi connectivity index (χ0) is 12.8. The lowest BCUT2D eigenvalue weighted by atomic mass is 9.99. The maximum Gasteiger partial charge on any atom is 0.0658 e. The molecule has 0 aliphatic rings. The first-order valence-corrected chi connectivity index (χ1v) is 6.76. The van der Waals surface area contributed by atoms with E-state index in [1.54, 1.807) is 7.11 Å². The normalized spacial score (nSPS) is 14.9. The van der Waals surface area contributed by atoms with E-state index < -0.39 is 0 Å². The van der Waals surface area contributed by atoms with Gasteiger partial charge in [0.15, 0.2) is 0 Å². The van der Waals surface area contributed by atoms with E-state index in [9.17, 15) is 0 Å². The highest BCUT2D eigenvalue weighted by molar-refractivity contribution is 9.10. The van der Waals surface area contributed by atoms with Gasteiger partial charge < -0.3 is 10.1 Å². The third kappa shape index (κ3) is 4.08. The number of nitrogens with one attached hydrogen (secondary N) is 1. The van der Waals surface area contributed by atoms with Gasteiger partial charge in [-0.3, -0.25) is 4.68 Å². The molecule has 0 radical (unpaired) electrons. The highest BCUT2D eigenvalue weighted by Gasteiger charge is 2.17. The van der Waals surface area contributed by atoms with Crippen molar-refractivity contribution >= 4 is 15.9 Å². The monoisotopic (exact) mass is 303 g/mol. The number of hydrogen-bond donors (Lipinski definition) is 1. The lowest BCUT2D eigenvalue weighted by Gasteiger charge is -2.18. The lowest BCUT2D eigenvalue weighted by molar-refractivity contribution is 0.182. The van der Waals surface area contributed by atoms with Gasteiger partial charge in [-0.05, 0) is 36.3 Å². The van der Waals surface area contributed by atoms with Gasteiger partial charge in [0.1, 0.15) is 0 Å². The van der Waals surface area contributed by atoms with Crippen molar-refractivity contribution in [2.75, 3.05) is 20.8 Å². The van der Waals surface area contributed by atoms with Crippen molar-refractivity contribution in [3.8, 4) is 0 Å². The van der Waals surface area contributed by atoms with Crippen molar-refractivity contribution < 1.29 is 4.74 Å². The van der Waals surface area contributed by atoms with E-state index >= 15 is 0 Å². The predicted octanol–water partition coefficient (Wildman–Crippen LogP) is 2.39. The second kappa shape index (κ2) is 7.13. The quantitative estimate of drug-likeness (QED) is 0.841. The van der Waals surface area contributed by atoms with E-state index in [2.05, 4.69) is 40.2 Å². The summed E-state index contributed by atoms with van der Waals surface area (Å²) in [6.07, 6.45) is 2.96. The third-order valence-electron chi connectivity index (χ3n) is 3.01. The van der Waals surface area contributed by atoms with Crippen LogP contribution in [0, 0.1) is 0 Å². The second-order valence-corrected chi connectivity index (χ2v) is 5.27. The number of halogens is 1. The fourth-order valence-electron chi connectivity index (χ4n) is 1.98. The summed E-state index contributed by atoms with van der Waals surface area (Å²) in [6.45, 7) is 5.92. The van der Waals surface area contributed by atoms with Gasteiger partial charge in [-0.15, -0.1) is 0 Å². The van der Waals surface area contributed by atoms with Crippen molar-refractivity contribution in [2.45, 2.75) is 38.8 Å². The number of rotatable bonds is 7. The zero-order valence-electron chi connectivity index (χ0n) is 11.0. The number of aromatic nitrogens is 2. The molecule has 0 aromatic carbocycles. The molecule has 1 rings (SSSR count). The minimum atomic E-state index is 0.464. The zero-order valence-corrected chi connectivity index (χ0v) is 12.6. The average Bonchev–Trinajstić information content (AvgIpc) is 2.67. The first-order valence-electron chi connectivity index (χ1n) is 5.97. The maximum absolute atomic E-state index is 5.10. The molecule has 5 heteroatoms. The van der Waals surface area contributed by atoms with Crippen LogP contribution in [0.5, 0.6) is 0 Å². The van der Waals surface area contributed by atoms with Crippen LogP contribution in [0.2, 0.25) is 0 Å². The molecule has 1 heterocycles. The number of ether oxygens (including phenoxy) is 1. The van der Waals surface area contributed by atoms with Gasteiger partial charge in [0.2, 0.25) is 0 Å². The van der Waals surface area contributed by atoms with Crippen molar-refractivity contribution in [1.29, 1.82) is 0 Å². The molecule has 1 aromatic heterocycles. The molecular formula is C12H22BrN3O. The summed E-state index contributed by atoms with van der Waals surface area (Å²) in [4.78, 5) is 0. The van der Waals surface area contributed by atoms with Crippen LogP contribution in [0.1, 0.15) is 31.9 Å². The van der Waals surface area contributed by atoms with Crippen LogP contribution in [-0.2, 0) is 11.3 Å². The van der Waals surface area contributed by atoms with E-state index in [0.29, 0.717) is 18.6 Å². The fraction of sp³-hybridized carbons (Fsp3) is 0.750. The molecule has 0 aliphatic carbocycles. The topological polar surface area (TPSA) is 39.1 Å². The van der Waals surface area contributed by atoms with Gasteiger partial charge in [0.25, 0.3) is 0 Å². The molecule has 0 aliphatic heterocycles. The Hall–Kier alpha value is -0.390. The summed E-state index contributed by atoms with van der Waals surface area (Å²) in [5, 5.41) is 7.65. The molecule has 2 unspecified atom stereocenters. The summed E-state index contributed by atoms with van der Waals surface area (Å²) >= 11 is 3.58. The molecule has 0 fully saturated rings. The molecule has 1 N–H and O–H groups in total. The van der Waals surface area contributed by atoms with Crippen LogP contribution in [0.25, 0.3) is 0 Å². The summed E-state index contributed by atoms with van der Waals surface area (Å²) < 4.78 is 8.22. The maximum atomic E-state index is 5.10. The Morgan fingerprint density at radius 1 is 1.53 bits per heavy atom. The van der Waals surface area contributed by atoms with Gasteiger partial charge in [-0.2, -0.15) is 5.10 Å². The van der Waals surface area contributed by atoms with Gasteiger partial charge in [0.05, 0.1) is 29.5 Å². The van der Waals surface area contributed by atoms with Crippen LogP contribution in [0.3, 0.4) is 0 Å². The predicted molar refractivity (Wildman–Crippen MR) is 73.4 cm³/mol. The molecule has 0 spiro atoms. The Bertz CT molecular complexity index is 340. The van der Waals surface area contributed by atoms with Crippen LogP contribution in [0.4, 0.5) is 0 Å². The minimum absolute atomic E-state index is 0.464. The molecule has 2 atom stereocenters. The molecular weight excluding hydrogens is 282 g/mol. The van der Waals surface area contributed by atoms with Crippen LogP contribution in [0.15, 0.2) is 10.7 Å². The van der Waals surface area contributed by atoms with Gasteiger partial charge in [-0.1, -0.05) is 6.92 Å². The second-order valence-electron chi connectivity index (χ2n) is 4.42. The molecule has 0 amide bonds. The molecule has 4 nitrogen and oxygen atoms in total. The van der Waals surface area contributed by atoms with E-state index in [-0.39, 0.29) is 0 Å². The van der Waals surface area contributed by atoms with Crippen molar-refractivity contribution in [3.05, 3.63) is 16.4 Å². The van der Waals surface area contributed by atoms with E-state index in [1.165, 1.54) is 5.69 Å². The SMILES string of the molecule is CNC(C)CC(C)c1c(Br)cnn1CCOC. The number of nitrogens with zero attached hydrogens (tertiary/aromatic N) is 2. The first-order chi connectivity index (χ1) is 8.10. The Balaban J connectivity index is 2.76. The van der Waals surface area contributed by atoms with Gasteiger partial charge in [0, 0.05) is 19.1 Å². The first kappa shape index (κ1) is 14.7. The average molecular weight is 304 g/mol. The van der Waals surface area contributed by atoms with E-state index in [4.69, 9.17) is 4.74 Å². The van der Waals surface area contributed by atoms with Crippen molar-refractivity contribution in [2.24, 2.45) is 0 Å². The summed E-state index contributed by atoms with van der Waals surface area (Å²) in [5.41, 5.74) is 1.25. The van der Waals surface area contributed by atoms with Gasteiger partial charge >= 0.3 is 0 Å². The summed E-state index contributed by atoms with van der Waals surface area (Å²) in [6, 6.07) is 0.502. The highest BCUT2D eigenvalue weighted by atomic mass is 79.9. The van der Waals surface area contributed by atoms with E-state index in [1.807, 2.05) is 17.9 Å². The summed E-state index contributed by atoms with van der Waals surface area (Å²) in [5.74, 6) is 0.464. The number of methoxy groups -OCH3 is 1. The molecule has 1 aromatic rings. The van der Waals surface area contributed by atoms with Crippen molar-refractivity contribution in [1.82, 2.24) is 15.1 Å². The van der Waals surface area contributed by atoms with Gasteiger partial charge in [-0.25, -0.2) is 0 Å². The number of hydrogen-bond acceptors (Lipinski definition) is 3. The molecule has 98 valence electrons. The molecule has 0 saturated carbocycles. The Kier molecular flexibility index (Phi) is 6.16. The third-order valence-corrected chi connectivity index (χ3v) is 3.62. The molecule has 0 bridgehead atoms. The van der Waals surface area contributed by atoms with Crippen LogP contribution >= 0.6 is 15.9 Å². The van der Waals surface area contributed by atoms with Crippen LogP contribution in [-0.4, -0.2) is 36.6 Å².